The van der Waals surface area contributed by atoms with Crippen LogP contribution in [0.4, 0.5) is 0 Å². The Balaban J connectivity index is 2.06. The Kier molecular flexibility index (Phi) is 7.13. The molecule has 0 amide bonds. The van der Waals surface area contributed by atoms with Crippen molar-refractivity contribution in [3.05, 3.63) is 78.4 Å². The first kappa shape index (κ1) is 25.0. The number of carbonyl (C=O) groups excluding carboxylic acids is 1. The second-order valence-electron chi connectivity index (χ2n) is 9.22. The Morgan fingerprint density at radius 3 is 2.24 bits per heavy atom. The zero-order valence-corrected chi connectivity index (χ0v) is 19.9. The van der Waals surface area contributed by atoms with Crippen LogP contribution in [0.5, 0.6) is 5.75 Å². The quantitative estimate of drug-likeness (QED) is 0.423. The maximum absolute atomic E-state index is 13.0. The first-order chi connectivity index (χ1) is 16.1. The molecule has 2 aromatic rings. The first-order valence-corrected chi connectivity index (χ1v) is 11.1. The van der Waals surface area contributed by atoms with Crippen molar-refractivity contribution in [2.75, 3.05) is 27.2 Å². The molecule has 0 aliphatic heterocycles. The molecule has 0 saturated heterocycles. The number of hydrogen-bond acceptors (Lipinski definition) is 6. The van der Waals surface area contributed by atoms with Gasteiger partial charge >= 0.3 is 11.9 Å². The molecular weight excluding hydrogens is 432 g/mol. The van der Waals surface area contributed by atoms with E-state index in [1.54, 1.807) is 68.4 Å². The molecule has 7 heteroatoms. The van der Waals surface area contributed by atoms with Gasteiger partial charge in [-0.1, -0.05) is 68.5 Å². The molecule has 1 fully saturated rings. The topological polar surface area (TPSA) is 99.9 Å². The largest absolute Gasteiger partial charge is 0.481 e. The molecule has 0 aromatic heterocycles. The van der Waals surface area contributed by atoms with Gasteiger partial charge in [0, 0.05) is 24.1 Å². The first-order valence-electron chi connectivity index (χ1n) is 11.1. The van der Waals surface area contributed by atoms with E-state index in [9.17, 15) is 20.0 Å². The normalized spacial score (nSPS) is 22.5. The van der Waals surface area contributed by atoms with Gasteiger partial charge in [-0.05, 0) is 31.6 Å². The van der Waals surface area contributed by atoms with Crippen LogP contribution in [0, 0.1) is 28.1 Å². The lowest BCUT2D eigenvalue weighted by atomic mass is 9.74. The number of carbonyl (C=O) groups is 2. The smallest absolute Gasteiger partial charge is 0.330 e. The van der Waals surface area contributed by atoms with Gasteiger partial charge in [0.15, 0.2) is 0 Å². The van der Waals surface area contributed by atoms with Crippen LogP contribution in [-0.2, 0) is 19.9 Å². The molecule has 34 heavy (non-hydrogen) atoms. The minimum Gasteiger partial charge on any atom is -0.481 e. The van der Waals surface area contributed by atoms with Crippen LogP contribution >= 0.6 is 0 Å². The lowest BCUT2D eigenvalue weighted by Gasteiger charge is -2.36. The molecule has 7 nitrogen and oxygen atoms in total. The highest BCUT2D eigenvalue weighted by molar-refractivity contribution is 5.87. The van der Waals surface area contributed by atoms with Crippen molar-refractivity contribution in [3.8, 4) is 11.8 Å². The SMILES string of the molecule is CN(C)CCOC(=O)/C=C\[C@H]1C(C)(C)[C@@]1(C(=O)O)[C@](C#N)(Oc1ccccc1)c1ccccc1. The monoisotopic (exact) mass is 462 g/mol. The summed E-state index contributed by atoms with van der Waals surface area (Å²) in [5.41, 5.74) is -3.98. The minimum absolute atomic E-state index is 0.220. The van der Waals surface area contributed by atoms with E-state index in [0.717, 1.165) is 0 Å². The van der Waals surface area contributed by atoms with E-state index in [0.29, 0.717) is 17.9 Å². The molecule has 1 N–H and O–H groups in total. The Hall–Kier alpha value is -3.63. The van der Waals surface area contributed by atoms with E-state index in [-0.39, 0.29) is 6.61 Å². The summed E-state index contributed by atoms with van der Waals surface area (Å²) in [6.45, 7) is 4.34. The Bertz CT molecular complexity index is 1090. The average Bonchev–Trinajstić information content (AvgIpc) is 3.33. The number of ether oxygens (including phenoxy) is 2. The van der Waals surface area contributed by atoms with E-state index in [1.807, 2.05) is 25.1 Å². The molecule has 0 unspecified atom stereocenters. The summed E-state index contributed by atoms with van der Waals surface area (Å²) in [5.74, 6) is -2.02. The number of allylic oxidation sites excluding steroid dienone is 1. The number of carboxylic acids is 1. The van der Waals surface area contributed by atoms with Crippen molar-refractivity contribution < 1.29 is 24.2 Å². The zero-order valence-electron chi connectivity index (χ0n) is 19.9. The second-order valence-corrected chi connectivity index (χ2v) is 9.22. The predicted octanol–water partition coefficient (Wildman–Crippen LogP) is 3.87. The van der Waals surface area contributed by atoms with Gasteiger partial charge in [-0.3, -0.25) is 4.79 Å². The van der Waals surface area contributed by atoms with Gasteiger partial charge in [-0.15, -0.1) is 0 Å². The van der Waals surface area contributed by atoms with Gasteiger partial charge in [-0.25, -0.2) is 4.79 Å². The number of para-hydroxylation sites is 1. The van der Waals surface area contributed by atoms with Gasteiger partial charge in [0.05, 0.1) is 0 Å². The molecule has 0 heterocycles. The van der Waals surface area contributed by atoms with E-state index < -0.39 is 34.3 Å². The molecule has 3 atom stereocenters. The van der Waals surface area contributed by atoms with Crippen LogP contribution in [0.15, 0.2) is 72.8 Å². The number of likely N-dealkylation sites (N-methyl/N-ethyl adjacent to an activating group) is 1. The molecular formula is C27H30N2O5. The van der Waals surface area contributed by atoms with Crippen molar-refractivity contribution in [3.63, 3.8) is 0 Å². The molecule has 0 bridgehead atoms. The van der Waals surface area contributed by atoms with Gasteiger partial charge < -0.3 is 19.5 Å². The lowest BCUT2D eigenvalue weighted by molar-refractivity contribution is -0.154. The fourth-order valence-electron chi connectivity index (χ4n) is 4.85. The van der Waals surface area contributed by atoms with Crippen molar-refractivity contribution >= 4 is 11.9 Å². The van der Waals surface area contributed by atoms with Crippen molar-refractivity contribution in [2.45, 2.75) is 19.4 Å². The summed E-state index contributed by atoms with van der Waals surface area (Å²) in [5, 5.41) is 21.1. The molecule has 3 rings (SSSR count). The van der Waals surface area contributed by atoms with Crippen LogP contribution in [0.1, 0.15) is 19.4 Å². The number of benzene rings is 2. The van der Waals surface area contributed by atoms with Gasteiger partial charge in [-0.2, -0.15) is 5.26 Å². The van der Waals surface area contributed by atoms with Gasteiger partial charge in [0.2, 0.25) is 5.60 Å². The third-order valence-electron chi connectivity index (χ3n) is 6.63. The summed E-state index contributed by atoms with van der Waals surface area (Å²) in [6, 6.07) is 19.6. The minimum atomic E-state index is -1.85. The highest BCUT2D eigenvalue weighted by atomic mass is 16.5. The van der Waals surface area contributed by atoms with Crippen LogP contribution in [0.2, 0.25) is 0 Å². The van der Waals surface area contributed by atoms with Gasteiger partial charge in [0.1, 0.15) is 23.8 Å². The number of nitriles is 1. The Labute approximate surface area is 200 Å². The van der Waals surface area contributed by atoms with Crippen LogP contribution in [0.25, 0.3) is 0 Å². The summed E-state index contributed by atoms with van der Waals surface area (Å²) in [7, 11) is 3.74. The Morgan fingerprint density at radius 1 is 1.12 bits per heavy atom. The number of rotatable bonds is 10. The van der Waals surface area contributed by atoms with Crippen molar-refractivity contribution in [1.29, 1.82) is 5.26 Å². The third kappa shape index (κ3) is 4.17. The lowest BCUT2D eigenvalue weighted by Crippen LogP contribution is -2.49. The van der Waals surface area contributed by atoms with E-state index in [4.69, 9.17) is 9.47 Å². The van der Waals surface area contributed by atoms with Crippen LogP contribution in [0.3, 0.4) is 0 Å². The molecule has 0 spiro atoms. The van der Waals surface area contributed by atoms with E-state index >= 15 is 0 Å². The summed E-state index contributed by atoms with van der Waals surface area (Å²) in [6.07, 6.45) is 2.79. The second kappa shape index (κ2) is 9.70. The number of carboxylic acid groups (broad SMARTS) is 1. The van der Waals surface area contributed by atoms with Gasteiger partial charge in [0.25, 0.3) is 0 Å². The number of hydrogen-bond donors (Lipinski definition) is 1. The molecule has 1 aliphatic rings. The summed E-state index contributed by atoms with van der Waals surface area (Å²) >= 11 is 0. The number of aliphatic carboxylic acids is 1. The van der Waals surface area contributed by atoms with Crippen LogP contribution in [-0.4, -0.2) is 49.2 Å². The molecule has 178 valence electrons. The standard InChI is InChI=1S/C27H30N2O5/c1-25(2)22(15-16-23(30)33-18-17-29(3)4)27(25,24(31)32)26(19-28,20-11-7-5-8-12-20)34-21-13-9-6-10-14-21/h5-16,22H,17-18H2,1-4H3,(H,31,32)/b16-15-/t22-,26+,27+/m0/s1. The highest BCUT2D eigenvalue weighted by Gasteiger charge is 2.85. The van der Waals surface area contributed by atoms with Crippen LogP contribution < -0.4 is 4.74 Å². The third-order valence-corrected chi connectivity index (χ3v) is 6.63. The molecule has 0 radical (unpaired) electrons. The summed E-state index contributed by atoms with van der Waals surface area (Å²) < 4.78 is 11.5. The number of esters is 1. The zero-order chi connectivity index (χ0) is 25.0. The van der Waals surface area contributed by atoms with E-state index in [2.05, 4.69) is 6.07 Å². The van der Waals surface area contributed by atoms with Crippen molar-refractivity contribution in [1.82, 2.24) is 4.90 Å². The summed E-state index contributed by atoms with van der Waals surface area (Å²) in [4.78, 5) is 27.1. The fraction of sp³-hybridized carbons (Fsp3) is 0.370. The highest BCUT2D eigenvalue weighted by Crippen LogP contribution is 2.77. The maximum atomic E-state index is 13.0. The molecule has 2 aromatic carbocycles. The maximum Gasteiger partial charge on any atom is 0.330 e. The fourth-order valence-corrected chi connectivity index (χ4v) is 4.85. The average molecular weight is 463 g/mol. The van der Waals surface area contributed by atoms with E-state index in [1.165, 1.54) is 12.2 Å². The molecule has 1 saturated carbocycles. The Morgan fingerprint density at radius 2 is 1.71 bits per heavy atom. The molecule has 1 aliphatic carbocycles. The van der Waals surface area contributed by atoms with Crippen molar-refractivity contribution in [2.24, 2.45) is 16.7 Å². The predicted molar refractivity (Wildman–Crippen MR) is 127 cm³/mol. The number of nitrogens with zero attached hydrogens (tertiary/aromatic N) is 2.